The van der Waals surface area contributed by atoms with Crippen LogP contribution in [0, 0.1) is 5.82 Å². The number of amides is 1. The Balaban J connectivity index is 1.94. The number of rotatable bonds is 4. The number of carbonyl (C=O) groups is 1. The smallest absolute Gasteiger partial charge is 0.262 e. The average molecular weight is 339 g/mol. The molecular weight excluding hydrogens is 327 g/mol. The number of hydrogen-bond acceptors (Lipinski definition) is 3. The van der Waals surface area contributed by atoms with Crippen LogP contribution in [0.15, 0.2) is 46.9 Å². The van der Waals surface area contributed by atoms with Crippen LogP contribution in [0.5, 0.6) is 5.75 Å². The van der Waals surface area contributed by atoms with Crippen molar-refractivity contribution in [3.8, 4) is 5.75 Å². The molecule has 0 saturated heterocycles. The molecule has 4 nitrogen and oxygen atoms in total. The van der Waals surface area contributed by atoms with Gasteiger partial charge in [-0.25, -0.2) is 4.39 Å². The molecule has 20 heavy (non-hydrogen) atoms. The topological polar surface area (TPSA) is 64.3 Å². The van der Waals surface area contributed by atoms with Gasteiger partial charge in [-0.05, 0) is 46.3 Å². The molecule has 0 aliphatic carbocycles. The first-order valence-corrected chi connectivity index (χ1v) is 6.57. The summed E-state index contributed by atoms with van der Waals surface area (Å²) in [4.78, 5) is 11.7. The number of anilines is 2. The maximum absolute atomic E-state index is 13.0. The average Bonchev–Trinajstić information content (AvgIpc) is 2.40. The number of hydrogen-bond donors (Lipinski definition) is 2. The quantitative estimate of drug-likeness (QED) is 0.841. The Morgan fingerprint density at radius 3 is 2.85 bits per heavy atom. The molecule has 0 aromatic heterocycles. The van der Waals surface area contributed by atoms with Gasteiger partial charge in [-0.2, -0.15) is 0 Å². The van der Waals surface area contributed by atoms with E-state index in [2.05, 4.69) is 21.2 Å². The Bertz CT molecular complexity index is 634. The third-order valence-corrected chi connectivity index (χ3v) is 3.08. The van der Waals surface area contributed by atoms with E-state index in [4.69, 9.17) is 10.5 Å². The van der Waals surface area contributed by atoms with Crippen molar-refractivity contribution in [3.63, 3.8) is 0 Å². The highest BCUT2D eigenvalue weighted by Crippen LogP contribution is 2.25. The molecule has 0 aliphatic heterocycles. The fourth-order valence-corrected chi connectivity index (χ4v) is 1.91. The third-order valence-electron chi connectivity index (χ3n) is 2.42. The molecule has 0 heterocycles. The van der Waals surface area contributed by atoms with Gasteiger partial charge < -0.3 is 15.8 Å². The van der Waals surface area contributed by atoms with E-state index in [-0.39, 0.29) is 18.3 Å². The van der Waals surface area contributed by atoms with Crippen LogP contribution in [0.25, 0.3) is 0 Å². The maximum Gasteiger partial charge on any atom is 0.262 e. The zero-order valence-electron chi connectivity index (χ0n) is 10.4. The summed E-state index contributed by atoms with van der Waals surface area (Å²) >= 11 is 3.22. The van der Waals surface area contributed by atoms with Crippen LogP contribution < -0.4 is 15.8 Å². The molecule has 0 spiro atoms. The minimum absolute atomic E-state index is 0.225. The first kappa shape index (κ1) is 14.3. The molecule has 104 valence electrons. The van der Waals surface area contributed by atoms with Crippen molar-refractivity contribution in [3.05, 3.63) is 52.8 Å². The SMILES string of the molecule is Nc1cccc(NC(=O)COc2cc(F)ccc2Br)c1. The summed E-state index contributed by atoms with van der Waals surface area (Å²) in [6.45, 7) is -0.225. The number of nitrogens with two attached hydrogens (primary N) is 1. The van der Waals surface area contributed by atoms with Crippen LogP contribution in [0.1, 0.15) is 0 Å². The van der Waals surface area contributed by atoms with Crippen LogP contribution in [-0.2, 0) is 4.79 Å². The van der Waals surface area contributed by atoms with Crippen molar-refractivity contribution in [2.45, 2.75) is 0 Å². The van der Waals surface area contributed by atoms with E-state index < -0.39 is 5.82 Å². The number of carbonyl (C=O) groups excluding carboxylic acids is 1. The zero-order valence-corrected chi connectivity index (χ0v) is 12.0. The van der Waals surface area contributed by atoms with Crippen LogP contribution >= 0.6 is 15.9 Å². The molecule has 0 bridgehead atoms. The number of benzene rings is 2. The summed E-state index contributed by atoms with van der Waals surface area (Å²) in [5.41, 5.74) is 6.74. The predicted octanol–water partition coefficient (Wildman–Crippen LogP) is 3.19. The van der Waals surface area contributed by atoms with Gasteiger partial charge in [0.25, 0.3) is 5.91 Å². The number of ether oxygens (including phenoxy) is 1. The van der Waals surface area contributed by atoms with E-state index in [0.29, 0.717) is 15.8 Å². The monoisotopic (exact) mass is 338 g/mol. The van der Waals surface area contributed by atoms with Gasteiger partial charge in [0.15, 0.2) is 6.61 Å². The number of nitrogens with one attached hydrogen (secondary N) is 1. The number of halogens is 2. The van der Waals surface area contributed by atoms with Gasteiger partial charge in [-0.15, -0.1) is 0 Å². The highest BCUT2D eigenvalue weighted by molar-refractivity contribution is 9.10. The number of nitrogen functional groups attached to an aromatic ring is 1. The van der Waals surface area contributed by atoms with E-state index in [1.807, 2.05) is 0 Å². The van der Waals surface area contributed by atoms with E-state index >= 15 is 0 Å². The Kier molecular flexibility index (Phi) is 4.57. The standard InChI is InChI=1S/C14H12BrFN2O2/c15-12-5-4-9(16)6-13(12)20-8-14(19)18-11-3-1-2-10(17)7-11/h1-7H,8,17H2,(H,18,19). The van der Waals surface area contributed by atoms with Gasteiger partial charge in [-0.1, -0.05) is 6.07 Å². The van der Waals surface area contributed by atoms with Crippen LogP contribution in [0.3, 0.4) is 0 Å². The lowest BCUT2D eigenvalue weighted by Gasteiger charge is -2.09. The van der Waals surface area contributed by atoms with Crippen molar-refractivity contribution in [2.75, 3.05) is 17.7 Å². The van der Waals surface area contributed by atoms with Crippen molar-refractivity contribution in [1.29, 1.82) is 0 Å². The fourth-order valence-electron chi connectivity index (χ4n) is 1.54. The second-order valence-electron chi connectivity index (χ2n) is 4.04. The first-order valence-electron chi connectivity index (χ1n) is 5.78. The second kappa shape index (κ2) is 6.38. The van der Waals surface area contributed by atoms with Crippen molar-refractivity contribution in [2.24, 2.45) is 0 Å². The van der Waals surface area contributed by atoms with Crippen LogP contribution in [0.4, 0.5) is 15.8 Å². The Hall–Kier alpha value is -2.08. The maximum atomic E-state index is 13.0. The molecule has 0 fully saturated rings. The van der Waals surface area contributed by atoms with Gasteiger partial charge in [0.05, 0.1) is 4.47 Å². The van der Waals surface area contributed by atoms with Gasteiger partial charge in [0, 0.05) is 17.4 Å². The molecule has 2 aromatic rings. The summed E-state index contributed by atoms with van der Waals surface area (Å²) in [6, 6.07) is 10.8. The summed E-state index contributed by atoms with van der Waals surface area (Å²) in [7, 11) is 0. The molecule has 0 unspecified atom stereocenters. The lowest BCUT2D eigenvalue weighted by Crippen LogP contribution is -2.20. The van der Waals surface area contributed by atoms with E-state index in [1.54, 1.807) is 24.3 Å². The molecule has 3 N–H and O–H groups in total. The zero-order chi connectivity index (χ0) is 14.5. The minimum Gasteiger partial charge on any atom is -0.482 e. The summed E-state index contributed by atoms with van der Waals surface area (Å²) in [6.07, 6.45) is 0. The highest BCUT2D eigenvalue weighted by atomic mass is 79.9. The molecule has 6 heteroatoms. The Morgan fingerprint density at radius 2 is 2.10 bits per heavy atom. The van der Waals surface area contributed by atoms with Crippen molar-refractivity contribution in [1.82, 2.24) is 0 Å². The molecule has 0 atom stereocenters. The lowest BCUT2D eigenvalue weighted by molar-refractivity contribution is -0.118. The van der Waals surface area contributed by atoms with Crippen molar-refractivity contribution < 1.29 is 13.9 Å². The third kappa shape index (κ3) is 3.96. The van der Waals surface area contributed by atoms with Crippen molar-refractivity contribution >= 4 is 33.2 Å². The van der Waals surface area contributed by atoms with Crippen LogP contribution in [0.2, 0.25) is 0 Å². The molecule has 0 radical (unpaired) electrons. The van der Waals surface area contributed by atoms with E-state index in [9.17, 15) is 9.18 Å². The Morgan fingerprint density at radius 1 is 1.30 bits per heavy atom. The summed E-state index contributed by atoms with van der Waals surface area (Å²) in [5, 5.41) is 2.63. The largest absolute Gasteiger partial charge is 0.482 e. The van der Waals surface area contributed by atoms with E-state index in [0.717, 1.165) is 0 Å². The van der Waals surface area contributed by atoms with Gasteiger partial charge in [-0.3, -0.25) is 4.79 Å². The normalized spacial score (nSPS) is 10.1. The van der Waals surface area contributed by atoms with Gasteiger partial charge >= 0.3 is 0 Å². The molecular formula is C14H12BrFN2O2. The molecule has 0 aliphatic rings. The van der Waals surface area contributed by atoms with Gasteiger partial charge in [0.1, 0.15) is 11.6 Å². The predicted molar refractivity (Wildman–Crippen MR) is 79.1 cm³/mol. The van der Waals surface area contributed by atoms with Gasteiger partial charge in [0.2, 0.25) is 0 Å². The lowest BCUT2D eigenvalue weighted by atomic mass is 10.3. The minimum atomic E-state index is -0.431. The second-order valence-corrected chi connectivity index (χ2v) is 4.89. The molecule has 1 amide bonds. The Labute approximate surface area is 123 Å². The first-order chi connectivity index (χ1) is 9.54. The summed E-state index contributed by atoms with van der Waals surface area (Å²) in [5.74, 6) is -0.515. The molecule has 0 saturated carbocycles. The van der Waals surface area contributed by atoms with Crippen LogP contribution in [-0.4, -0.2) is 12.5 Å². The van der Waals surface area contributed by atoms with E-state index in [1.165, 1.54) is 18.2 Å². The fraction of sp³-hybridized carbons (Fsp3) is 0.0714. The molecule has 2 aromatic carbocycles. The highest BCUT2D eigenvalue weighted by Gasteiger charge is 2.07. The summed E-state index contributed by atoms with van der Waals surface area (Å²) < 4.78 is 18.9. The molecule has 2 rings (SSSR count).